The van der Waals surface area contributed by atoms with Crippen molar-refractivity contribution in [2.24, 2.45) is 10.1 Å². The minimum Gasteiger partial charge on any atom is -0.318 e. The van der Waals surface area contributed by atoms with Crippen molar-refractivity contribution in [2.45, 2.75) is 66.7 Å². The van der Waals surface area contributed by atoms with Crippen LogP contribution in [0.5, 0.6) is 0 Å². The lowest BCUT2D eigenvalue weighted by Gasteiger charge is -2.20. The summed E-state index contributed by atoms with van der Waals surface area (Å²) in [6.07, 6.45) is 7.28. The van der Waals surface area contributed by atoms with Gasteiger partial charge in [-0.3, -0.25) is 10.2 Å². The van der Waals surface area contributed by atoms with Crippen LogP contribution in [0.1, 0.15) is 67.1 Å². The summed E-state index contributed by atoms with van der Waals surface area (Å²) < 4.78 is 2.18. The molecule has 0 unspecified atom stereocenters. The Hall–Kier alpha value is -2.93. The van der Waals surface area contributed by atoms with Crippen LogP contribution in [0.4, 0.5) is 0 Å². The maximum atomic E-state index is 12.8. The van der Waals surface area contributed by atoms with E-state index in [0.29, 0.717) is 5.17 Å². The number of aromatic nitrogens is 1. The standard InChI is InChI=1S/C26H31N5OS/c1-6-7-8-9-10-23-29-31-24(27)22(25(32)28-26(31)33-23)15-20-14-18(4)30(19(20)5)21-12-11-16(2)17(3)13-21/h11-15,27H,6-10H2,1-5H3. The number of fused-ring (bicyclic) bond motifs is 1. The second-order valence-corrected chi connectivity index (χ2v) is 9.80. The zero-order chi connectivity index (χ0) is 23.7. The fraction of sp³-hybridized carbons (Fsp3) is 0.385. The minimum atomic E-state index is -0.378. The van der Waals surface area contributed by atoms with Gasteiger partial charge in [-0.05, 0) is 93.3 Å². The van der Waals surface area contributed by atoms with Crippen LogP contribution in [0, 0.1) is 33.1 Å². The summed E-state index contributed by atoms with van der Waals surface area (Å²) in [4.78, 5) is 17.1. The maximum absolute atomic E-state index is 12.8. The number of hydrogen-bond acceptors (Lipinski definition) is 4. The fourth-order valence-corrected chi connectivity index (χ4v) is 5.11. The lowest BCUT2D eigenvalue weighted by Crippen LogP contribution is -2.35. The van der Waals surface area contributed by atoms with Crippen molar-refractivity contribution < 1.29 is 4.79 Å². The fourth-order valence-electron chi connectivity index (χ4n) is 4.19. The smallest absolute Gasteiger partial charge is 0.283 e. The number of nitrogens with one attached hydrogen (secondary N) is 1. The summed E-state index contributed by atoms with van der Waals surface area (Å²) in [6.45, 7) is 10.5. The number of aryl methyl sites for hydroxylation is 3. The summed E-state index contributed by atoms with van der Waals surface area (Å²) in [5, 5.41) is 16.2. The predicted octanol–water partition coefficient (Wildman–Crippen LogP) is 6.30. The first-order valence-corrected chi connectivity index (χ1v) is 12.4. The molecule has 0 aliphatic carbocycles. The van der Waals surface area contributed by atoms with Crippen LogP contribution in [0.3, 0.4) is 0 Å². The van der Waals surface area contributed by atoms with E-state index in [1.165, 1.54) is 47.2 Å². The van der Waals surface area contributed by atoms with E-state index >= 15 is 0 Å². The number of amides is 1. The second-order valence-electron chi connectivity index (χ2n) is 8.75. The molecule has 3 heterocycles. The van der Waals surface area contributed by atoms with Crippen LogP contribution in [0.15, 0.2) is 39.9 Å². The topological polar surface area (TPSA) is 73.8 Å². The molecule has 0 spiro atoms. The number of carbonyl (C=O) groups excluding carboxylic acids is 1. The van der Waals surface area contributed by atoms with E-state index < -0.39 is 0 Å². The Morgan fingerprint density at radius 1 is 1.06 bits per heavy atom. The zero-order valence-corrected chi connectivity index (χ0v) is 20.8. The highest BCUT2D eigenvalue weighted by molar-refractivity contribution is 8.26. The molecule has 0 bridgehead atoms. The van der Waals surface area contributed by atoms with Gasteiger partial charge in [0, 0.05) is 17.1 Å². The number of hydrogen-bond donors (Lipinski definition) is 1. The number of amidine groups is 2. The van der Waals surface area contributed by atoms with Crippen molar-refractivity contribution in [3.05, 3.63) is 57.9 Å². The van der Waals surface area contributed by atoms with Gasteiger partial charge in [0.25, 0.3) is 5.91 Å². The average Bonchev–Trinajstić information content (AvgIpc) is 3.30. The molecule has 6 nitrogen and oxygen atoms in total. The number of nitrogens with zero attached hydrogens (tertiary/aromatic N) is 4. The van der Waals surface area contributed by atoms with Gasteiger partial charge >= 0.3 is 0 Å². The zero-order valence-electron chi connectivity index (χ0n) is 20.0. The van der Waals surface area contributed by atoms with Gasteiger partial charge in [0.1, 0.15) is 5.04 Å². The first-order valence-electron chi connectivity index (χ1n) is 11.6. The molecular formula is C26H31N5OS. The van der Waals surface area contributed by atoms with Crippen molar-refractivity contribution in [2.75, 3.05) is 0 Å². The van der Waals surface area contributed by atoms with Gasteiger partial charge in [0.05, 0.1) is 5.57 Å². The molecule has 7 heteroatoms. The van der Waals surface area contributed by atoms with Gasteiger partial charge in [-0.2, -0.15) is 15.1 Å². The van der Waals surface area contributed by atoms with Crippen LogP contribution in [0.2, 0.25) is 0 Å². The van der Waals surface area contributed by atoms with E-state index in [1.54, 1.807) is 6.08 Å². The van der Waals surface area contributed by atoms with Gasteiger partial charge in [0.15, 0.2) is 5.84 Å². The second kappa shape index (κ2) is 9.51. The van der Waals surface area contributed by atoms with Gasteiger partial charge in [-0.25, -0.2) is 0 Å². The van der Waals surface area contributed by atoms with Gasteiger partial charge < -0.3 is 4.57 Å². The maximum Gasteiger partial charge on any atom is 0.283 e. The Labute approximate surface area is 200 Å². The van der Waals surface area contributed by atoms with Crippen LogP contribution in [0.25, 0.3) is 11.8 Å². The third-order valence-electron chi connectivity index (χ3n) is 6.26. The van der Waals surface area contributed by atoms with Crippen molar-refractivity contribution in [3.8, 4) is 5.69 Å². The lowest BCUT2D eigenvalue weighted by molar-refractivity contribution is -0.114. The van der Waals surface area contributed by atoms with Crippen molar-refractivity contribution in [1.29, 1.82) is 5.41 Å². The molecule has 172 valence electrons. The Balaban J connectivity index is 1.61. The van der Waals surface area contributed by atoms with Gasteiger partial charge in [-0.1, -0.05) is 32.3 Å². The van der Waals surface area contributed by atoms with Crippen molar-refractivity contribution in [1.82, 2.24) is 9.58 Å². The molecule has 1 amide bonds. The monoisotopic (exact) mass is 461 g/mol. The number of hydrazone groups is 1. The Bertz CT molecular complexity index is 1220. The van der Waals surface area contributed by atoms with Gasteiger partial charge in [-0.15, -0.1) is 0 Å². The number of unbranched alkanes of at least 4 members (excludes halogenated alkanes) is 3. The summed E-state index contributed by atoms with van der Waals surface area (Å²) in [6, 6.07) is 8.47. The lowest BCUT2D eigenvalue weighted by atomic mass is 10.1. The number of rotatable bonds is 7. The summed E-state index contributed by atoms with van der Waals surface area (Å²) in [5.41, 5.74) is 6.87. The van der Waals surface area contributed by atoms with Crippen molar-refractivity contribution in [3.63, 3.8) is 0 Å². The Morgan fingerprint density at radius 3 is 2.58 bits per heavy atom. The summed E-state index contributed by atoms with van der Waals surface area (Å²) in [7, 11) is 0. The third kappa shape index (κ3) is 4.60. The largest absolute Gasteiger partial charge is 0.318 e. The summed E-state index contributed by atoms with van der Waals surface area (Å²) >= 11 is 1.41. The first kappa shape index (κ1) is 23.2. The molecule has 0 atom stereocenters. The molecule has 1 N–H and O–H groups in total. The van der Waals surface area contributed by atoms with Crippen LogP contribution >= 0.6 is 11.8 Å². The normalized spacial score (nSPS) is 17.0. The molecule has 4 rings (SSSR count). The molecule has 0 radical (unpaired) electrons. The average molecular weight is 462 g/mol. The molecular weight excluding hydrogens is 430 g/mol. The Morgan fingerprint density at radius 2 is 1.85 bits per heavy atom. The number of benzene rings is 1. The molecule has 1 aromatic carbocycles. The molecule has 0 saturated carbocycles. The van der Waals surface area contributed by atoms with Crippen LogP contribution in [-0.4, -0.2) is 31.5 Å². The number of aliphatic imine (C=N–C) groups is 1. The molecule has 0 saturated heterocycles. The van der Waals surface area contributed by atoms with Gasteiger partial charge in [0.2, 0.25) is 5.17 Å². The minimum absolute atomic E-state index is 0.0945. The number of thioether (sulfide) groups is 1. The van der Waals surface area contributed by atoms with E-state index in [9.17, 15) is 4.79 Å². The van der Waals surface area contributed by atoms with E-state index in [0.717, 1.165) is 40.5 Å². The first-order chi connectivity index (χ1) is 15.8. The van der Waals surface area contributed by atoms with Crippen LogP contribution < -0.4 is 0 Å². The molecule has 33 heavy (non-hydrogen) atoms. The van der Waals surface area contributed by atoms with Crippen molar-refractivity contribution >= 4 is 39.8 Å². The molecule has 1 aromatic heterocycles. The molecule has 2 aliphatic rings. The van der Waals surface area contributed by atoms with E-state index in [1.807, 2.05) is 6.92 Å². The summed E-state index contributed by atoms with van der Waals surface area (Å²) in [5.74, 6) is -0.283. The van der Waals surface area contributed by atoms with E-state index in [-0.39, 0.29) is 17.3 Å². The third-order valence-corrected chi connectivity index (χ3v) is 7.23. The number of carbonyl (C=O) groups is 1. The SMILES string of the molecule is CCCCCCC1=NN2C(=N)C(=Cc3cc(C)n(-c4ccc(C)c(C)c4)c3C)C(=O)N=C2S1. The molecule has 2 aromatic rings. The van der Waals surface area contributed by atoms with E-state index in [2.05, 4.69) is 66.6 Å². The molecule has 2 aliphatic heterocycles. The Kier molecular flexibility index (Phi) is 6.70. The highest BCUT2D eigenvalue weighted by atomic mass is 32.2. The highest BCUT2D eigenvalue weighted by Gasteiger charge is 2.35. The predicted molar refractivity (Wildman–Crippen MR) is 138 cm³/mol. The van der Waals surface area contributed by atoms with Crippen LogP contribution in [-0.2, 0) is 4.79 Å². The molecule has 0 fully saturated rings. The van der Waals surface area contributed by atoms with E-state index in [4.69, 9.17) is 5.41 Å². The quantitative estimate of drug-likeness (QED) is 0.388. The highest BCUT2D eigenvalue weighted by Crippen LogP contribution is 2.31.